The standard InChI is InChI=1S/C12H18Cl2N2O2S/c1-3-7-16-19(17,18)11-6-5-10(13)9(12(11)14)8-15-4-2/h5-6,15-16H,3-4,7-8H2,1-2H3. The molecule has 0 heterocycles. The van der Waals surface area contributed by atoms with Gasteiger partial charge in [0.15, 0.2) is 0 Å². The Kier molecular flexibility index (Phi) is 6.56. The minimum Gasteiger partial charge on any atom is -0.313 e. The van der Waals surface area contributed by atoms with Gasteiger partial charge in [0.25, 0.3) is 0 Å². The van der Waals surface area contributed by atoms with Gasteiger partial charge >= 0.3 is 0 Å². The highest BCUT2D eigenvalue weighted by atomic mass is 35.5. The van der Waals surface area contributed by atoms with E-state index in [9.17, 15) is 8.42 Å². The molecule has 0 radical (unpaired) electrons. The molecule has 19 heavy (non-hydrogen) atoms. The summed E-state index contributed by atoms with van der Waals surface area (Å²) in [5.74, 6) is 0. The zero-order valence-electron chi connectivity index (χ0n) is 11.0. The molecule has 0 spiro atoms. The fraction of sp³-hybridized carbons (Fsp3) is 0.500. The van der Waals surface area contributed by atoms with Gasteiger partial charge in [-0.15, -0.1) is 0 Å². The molecule has 0 bridgehead atoms. The summed E-state index contributed by atoms with van der Waals surface area (Å²) in [7, 11) is -3.59. The fourth-order valence-corrected chi connectivity index (χ4v) is 3.55. The Labute approximate surface area is 124 Å². The summed E-state index contributed by atoms with van der Waals surface area (Å²) in [6.07, 6.45) is 0.717. The Hall–Kier alpha value is -0.330. The fourth-order valence-electron chi connectivity index (χ4n) is 1.51. The van der Waals surface area contributed by atoms with Crippen LogP contribution in [0.3, 0.4) is 0 Å². The first-order valence-electron chi connectivity index (χ1n) is 6.11. The molecule has 1 aromatic carbocycles. The quantitative estimate of drug-likeness (QED) is 0.810. The van der Waals surface area contributed by atoms with Gasteiger partial charge in [0, 0.05) is 23.7 Å². The second-order valence-corrected chi connectivity index (χ2v) is 6.54. The third-order valence-electron chi connectivity index (χ3n) is 2.53. The topological polar surface area (TPSA) is 58.2 Å². The van der Waals surface area contributed by atoms with Gasteiger partial charge in [-0.3, -0.25) is 0 Å². The van der Waals surface area contributed by atoms with Crippen LogP contribution in [0.15, 0.2) is 17.0 Å². The Balaban J connectivity index is 3.16. The van der Waals surface area contributed by atoms with Crippen molar-refractivity contribution in [3.63, 3.8) is 0 Å². The molecule has 0 atom stereocenters. The average molecular weight is 325 g/mol. The molecule has 0 fully saturated rings. The molecular weight excluding hydrogens is 307 g/mol. The van der Waals surface area contributed by atoms with Crippen LogP contribution in [0.5, 0.6) is 0 Å². The van der Waals surface area contributed by atoms with Crippen LogP contribution in [0.1, 0.15) is 25.8 Å². The highest BCUT2D eigenvalue weighted by molar-refractivity contribution is 7.89. The minimum atomic E-state index is -3.59. The molecule has 0 unspecified atom stereocenters. The summed E-state index contributed by atoms with van der Waals surface area (Å²) >= 11 is 12.2. The van der Waals surface area contributed by atoms with E-state index in [0.29, 0.717) is 30.1 Å². The summed E-state index contributed by atoms with van der Waals surface area (Å²) in [4.78, 5) is 0.0694. The number of hydrogen-bond acceptors (Lipinski definition) is 3. The highest BCUT2D eigenvalue weighted by Gasteiger charge is 2.20. The van der Waals surface area contributed by atoms with Crippen LogP contribution in [0.25, 0.3) is 0 Å². The molecule has 7 heteroatoms. The van der Waals surface area contributed by atoms with Crippen molar-refractivity contribution in [2.75, 3.05) is 13.1 Å². The third-order valence-corrected chi connectivity index (χ3v) is 4.94. The summed E-state index contributed by atoms with van der Waals surface area (Å²) in [6, 6.07) is 2.98. The number of rotatable bonds is 7. The van der Waals surface area contributed by atoms with E-state index in [1.165, 1.54) is 6.07 Å². The molecule has 108 valence electrons. The van der Waals surface area contributed by atoms with Crippen LogP contribution in [0, 0.1) is 0 Å². The van der Waals surface area contributed by atoms with Gasteiger partial charge in [-0.05, 0) is 25.1 Å². The molecule has 0 aliphatic heterocycles. The van der Waals surface area contributed by atoms with Gasteiger partial charge in [-0.25, -0.2) is 13.1 Å². The van der Waals surface area contributed by atoms with Gasteiger partial charge in [-0.1, -0.05) is 37.0 Å². The Morgan fingerprint density at radius 2 is 1.89 bits per heavy atom. The van der Waals surface area contributed by atoms with Gasteiger partial charge in [0.05, 0.1) is 5.02 Å². The number of nitrogens with one attached hydrogen (secondary N) is 2. The Morgan fingerprint density at radius 1 is 1.21 bits per heavy atom. The van der Waals surface area contributed by atoms with Gasteiger partial charge in [0.1, 0.15) is 4.90 Å². The lowest BCUT2D eigenvalue weighted by Crippen LogP contribution is -2.25. The first-order valence-corrected chi connectivity index (χ1v) is 8.35. The van der Waals surface area contributed by atoms with E-state index in [2.05, 4.69) is 10.0 Å². The van der Waals surface area contributed by atoms with E-state index in [-0.39, 0.29) is 9.92 Å². The van der Waals surface area contributed by atoms with Crippen molar-refractivity contribution in [2.45, 2.75) is 31.7 Å². The lowest BCUT2D eigenvalue weighted by Gasteiger charge is -2.13. The van der Waals surface area contributed by atoms with Crippen molar-refractivity contribution in [1.29, 1.82) is 0 Å². The molecule has 0 aromatic heterocycles. The lowest BCUT2D eigenvalue weighted by atomic mass is 10.2. The van der Waals surface area contributed by atoms with E-state index >= 15 is 0 Å². The molecule has 0 saturated carbocycles. The van der Waals surface area contributed by atoms with E-state index in [1.54, 1.807) is 6.07 Å². The molecule has 0 saturated heterocycles. The maximum absolute atomic E-state index is 12.1. The highest BCUT2D eigenvalue weighted by Crippen LogP contribution is 2.30. The van der Waals surface area contributed by atoms with E-state index in [4.69, 9.17) is 23.2 Å². The summed E-state index contributed by atoms with van der Waals surface area (Å²) < 4.78 is 26.7. The molecule has 2 N–H and O–H groups in total. The predicted octanol–water partition coefficient (Wildman–Crippen LogP) is 2.79. The Bertz CT molecular complexity index is 533. The van der Waals surface area contributed by atoms with Crippen molar-refractivity contribution >= 4 is 33.2 Å². The van der Waals surface area contributed by atoms with Crippen LogP contribution in [-0.4, -0.2) is 21.5 Å². The number of sulfonamides is 1. The van der Waals surface area contributed by atoms with Crippen molar-refractivity contribution in [2.24, 2.45) is 0 Å². The molecule has 1 rings (SSSR count). The van der Waals surface area contributed by atoms with Crippen LogP contribution >= 0.6 is 23.2 Å². The van der Waals surface area contributed by atoms with Gasteiger partial charge in [-0.2, -0.15) is 0 Å². The van der Waals surface area contributed by atoms with Crippen molar-refractivity contribution < 1.29 is 8.42 Å². The minimum absolute atomic E-state index is 0.0694. The molecule has 0 amide bonds. The molecule has 4 nitrogen and oxygen atoms in total. The van der Waals surface area contributed by atoms with E-state index in [0.717, 1.165) is 6.54 Å². The van der Waals surface area contributed by atoms with Crippen molar-refractivity contribution in [3.05, 3.63) is 27.7 Å². The van der Waals surface area contributed by atoms with Gasteiger partial charge < -0.3 is 5.32 Å². The predicted molar refractivity (Wildman–Crippen MR) is 79.3 cm³/mol. The molecule has 1 aromatic rings. The molecule has 0 aliphatic carbocycles. The largest absolute Gasteiger partial charge is 0.313 e. The summed E-state index contributed by atoms with van der Waals surface area (Å²) in [6.45, 7) is 5.40. The first-order chi connectivity index (χ1) is 8.94. The third kappa shape index (κ3) is 4.33. The molecule has 0 aliphatic rings. The second-order valence-electron chi connectivity index (χ2n) is 4.02. The zero-order chi connectivity index (χ0) is 14.5. The number of halogens is 2. The maximum Gasteiger partial charge on any atom is 0.242 e. The zero-order valence-corrected chi connectivity index (χ0v) is 13.3. The van der Waals surface area contributed by atoms with Crippen molar-refractivity contribution in [3.8, 4) is 0 Å². The SMILES string of the molecule is CCCNS(=O)(=O)c1ccc(Cl)c(CNCC)c1Cl. The monoisotopic (exact) mass is 324 g/mol. The maximum atomic E-state index is 12.1. The first kappa shape index (κ1) is 16.7. The van der Waals surface area contributed by atoms with Crippen LogP contribution < -0.4 is 10.0 Å². The van der Waals surface area contributed by atoms with Crippen LogP contribution in [0.4, 0.5) is 0 Å². The van der Waals surface area contributed by atoms with Crippen LogP contribution in [0.2, 0.25) is 10.0 Å². The Morgan fingerprint density at radius 3 is 2.47 bits per heavy atom. The number of benzene rings is 1. The van der Waals surface area contributed by atoms with Gasteiger partial charge in [0.2, 0.25) is 10.0 Å². The average Bonchev–Trinajstić information content (AvgIpc) is 2.36. The normalized spacial score (nSPS) is 11.8. The second kappa shape index (κ2) is 7.45. The number of hydrogen-bond donors (Lipinski definition) is 2. The van der Waals surface area contributed by atoms with Crippen LogP contribution in [-0.2, 0) is 16.6 Å². The van der Waals surface area contributed by atoms with Crippen molar-refractivity contribution in [1.82, 2.24) is 10.0 Å². The summed E-state index contributed by atoms with van der Waals surface area (Å²) in [5.41, 5.74) is 0.601. The van der Waals surface area contributed by atoms with E-state index < -0.39 is 10.0 Å². The lowest BCUT2D eigenvalue weighted by molar-refractivity contribution is 0.580. The molecular formula is C12H18Cl2N2O2S. The summed E-state index contributed by atoms with van der Waals surface area (Å²) in [5, 5.41) is 3.72. The van der Waals surface area contributed by atoms with E-state index in [1.807, 2.05) is 13.8 Å². The smallest absolute Gasteiger partial charge is 0.242 e.